The van der Waals surface area contributed by atoms with Crippen LogP contribution in [0.5, 0.6) is 0 Å². The average Bonchev–Trinajstić information content (AvgIpc) is 2.67. The molecule has 0 spiro atoms. The molecule has 2 N–H and O–H groups in total. The molecule has 142 valence electrons. The molecule has 6 nitrogen and oxygen atoms in total. The number of esters is 1. The largest absolute Gasteiger partial charge is 0.469 e. The average molecular weight is 389 g/mol. The Kier molecular flexibility index (Phi) is 7.82. The van der Waals surface area contributed by atoms with Crippen LogP contribution in [-0.4, -0.2) is 31.4 Å². The van der Waals surface area contributed by atoms with E-state index in [9.17, 15) is 14.4 Å². The minimum absolute atomic E-state index is 0.113. The van der Waals surface area contributed by atoms with Gasteiger partial charge in [-0.15, -0.1) is 0 Å². The van der Waals surface area contributed by atoms with Crippen LogP contribution in [0.15, 0.2) is 48.5 Å². The van der Waals surface area contributed by atoms with Crippen LogP contribution >= 0.6 is 11.6 Å². The number of carbonyl (C=O) groups excluding carboxylic acids is 3. The van der Waals surface area contributed by atoms with Crippen LogP contribution in [0.2, 0.25) is 5.02 Å². The van der Waals surface area contributed by atoms with Crippen LogP contribution < -0.4 is 10.6 Å². The Labute approximate surface area is 162 Å². The normalized spacial score (nSPS) is 10.1. The number of rotatable bonds is 8. The molecule has 0 fully saturated rings. The van der Waals surface area contributed by atoms with Gasteiger partial charge in [0.05, 0.1) is 13.5 Å². The van der Waals surface area contributed by atoms with Gasteiger partial charge in [-0.2, -0.15) is 0 Å². The highest BCUT2D eigenvalue weighted by molar-refractivity contribution is 6.31. The van der Waals surface area contributed by atoms with Crippen LogP contribution in [0.4, 0.5) is 5.69 Å². The molecule has 0 saturated heterocycles. The highest BCUT2D eigenvalue weighted by Crippen LogP contribution is 2.17. The molecule has 0 aliphatic rings. The van der Waals surface area contributed by atoms with Gasteiger partial charge in [-0.1, -0.05) is 29.8 Å². The lowest BCUT2D eigenvalue weighted by molar-refractivity contribution is -0.140. The molecule has 0 aliphatic carbocycles. The molecule has 2 amide bonds. The number of ether oxygens (including phenoxy) is 1. The summed E-state index contributed by atoms with van der Waals surface area (Å²) in [6, 6.07) is 13.9. The van der Waals surface area contributed by atoms with Gasteiger partial charge < -0.3 is 15.4 Å². The maximum absolute atomic E-state index is 12.1. The summed E-state index contributed by atoms with van der Waals surface area (Å²) in [4.78, 5) is 35.1. The van der Waals surface area contributed by atoms with E-state index in [-0.39, 0.29) is 30.7 Å². The third kappa shape index (κ3) is 6.75. The minimum atomic E-state index is -0.384. The Balaban J connectivity index is 1.80. The minimum Gasteiger partial charge on any atom is -0.469 e. The van der Waals surface area contributed by atoms with E-state index in [4.69, 9.17) is 11.6 Å². The zero-order valence-electron chi connectivity index (χ0n) is 15.0. The molecule has 0 saturated carbocycles. The van der Waals surface area contributed by atoms with Gasteiger partial charge in [0, 0.05) is 29.2 Å². The molecule has 27 heavy (non-hydrogen) atoms. The summed E-state index contributed by atoms with van der Waals surface area (Å²) in [7, 11) is 1.30. The maximum atomic E-state index is 12.1. The Bertz CT molecular complexity index is 806. The van der Waals surface area contributed by atoms with Crippen LogP contribution in [0.1, 0.15) is 28.8 Å². The summed E-state index contributed by atoms with van der Waals surface area (Å²) in [5.74, 6) is -0.814. The first-order valence-electron chi connectivity index (χ1n) is 8.48. The van der Waals surface area contributed by atoms with Gasteiger partial charge in [0.1, 0.15) is 0 Å². The van der Waals surface area contributed by atoms with Crippen molar-refractivity contribution in [2.45, 2.75) is 19.3 Å². The van der Waals surface area contributed by atoms with Gasteiger partial charge in [0.25, 0.3) is 5.91 Å². The fourth-order valence-electron chi connectivity index (χ4n) is 2.36. The van der Waals surface area contributed by atoms with E-state index in [1.807, 2.05) is 18.2 Å². The molecular formula is C20H21ClN2O4. The number of carbonyl (C=O) groups is 3. The zero-order chi connectivity index (χ0) is 19.6. The van der Waals surface area contributed by atoms with E-state index in [0.29, 0.717) is 29.1 Å². The van der Waals surface area contributed by atoms with Crippen molar-refractivity contribution in [2.75, 3.05) is 19.0 Å². The van der Waals surface area contributed by atoms with E-state index in [1.54, 1.807) is 30.3 Å². The van der Waals surface area contributed by atoms with Gasteiger partial charge in [0.2, 0.25) is 5.91 Å². The first kappa shape index (κ1) is 20.5. The van der Waals surface area contributed by atoms with Crippen molar-refractivity contribution in [2.24, 2.45) is 0 Å². The second-order valence-corrected chi connectivity index (χ2v) is 6.21. The molecule has 0 aromatic heterocycles. The summed E-state index contributed by atoms with van der Waals surface area (Å²) in [6.07, 6.45) is 0.966. The third-order valence-corrected chi connectivity index (χ3v) is 4.22. The summed E-state index contributed by atoms with van der Waals surface area (Å²) >= 11 is 6.08. The molecule has 0 unspecified atom stereocenters. The van der Waals surface area contributed by atoms with Crippen LogP contribution in [0, 0.1) is 0 Å². The maximum Gasteiger partial charge on any atom is 0.307 e. The number of nitrogens with one attached hydrogen (secondary N) is 2. The molecule has 2 rings (SSSR count). The molecule has 2 aromatic rings. The van der Waals surface area contributed by atoms with Gasteiger partial charge in [-0.25, -0.2) is 0 Å². The fraction of sp³-hybridized carbons (Fsp3) is 0.250. The molecule has 0 atom stereocenters. The summed E-state index contributed by atoms with van der Waals surface area (Å²) < 4.78 is 4.51. The Morgan fingerprint density at radius 3 is 2.37 bits per heavy atom. The van der Waals surface area contributed by atoms with Crippen LogP contribution in [0.3, 0.4) is 0 Å². The zero-order valence-corrected chi connectivity index (χ0v) is 15.7. The standard InChI is InChI=1S/C20H21ClN2O4/c1-27-19(25)12-13-22-20(26)15-6-9-16(10-7-15)23-18(24)11-8-14-4-2-3-5-17(14)21/h2-7,9-10H,8,11-13H2,1H3,(H,22,26)(H,23,24). The smallest absolute Gasteiger partial charge is 0.307 e. The monoisotopic (exact) mass is 388 g/mol. The number of methoxy groups -OCH3 is 1. The second kappa shape index (κ2) is 10.3. The number of anilines is 1. The number of amides is 2. The van der Waals surface area contributed by atoms with Crippen LogP contribution in [-0.2, 0) is 20.7 Å². The van der Waals surface area contributed by atoms with E-state index >= 15 is 0 Å². The topological polar surface area (TPSA) is 84.5 Å². The predicted molar refractivity (Wildman–Crippen MR) is 104 cm³/mol. The summed E-state index contributed by atoms with van der Waals surface area (Å²) in [5.41, 5.74) is 1.97. The van der Waals surface area contributed by atoms with Crippen LogP contribution in [0.25, 0.3) is 0 Å². The quantitative estimate of drug-likeness (QED) is 0.680. The Morgan fingerprint density at radius 2 is 1.70 bits per heavy atom. The van der Waals surface area contributed by atoms with E-state index in [1.165, 1.54) is 7.11 Å². The Hall–Kier alpha value is -2.86. The molecule has 0 aliphatic heterocycles. The van der Waals surface area contributed by atoms with Crippen molar-refractivity contribution >= 4 is 35.1 Å². The number of aryl methyl sites for hydroxylation is 1. The lowest BCUT2D eigenvalue weighted by atomic mass is 10.1. The molecule has 0 bridgehead atoms. The first-order valence-corrected chi connectivity index (χ1v) is 8.85. The third-order valence-electron chi connectivity index (χ3n) is 3.85. The molecular weight excluding hydrogens is 368 g/mol. The highest BCUT2D eigenvalue weighted by atomic mass is 35.5. The van der Waals surface area contributed by atoms with Gasteiger partial charge in [-0.05, 0) is 42.3 Å². The Morgan fingerprint density at radius 1 is 1.00 bits per heavy atom. The van der Waals surface area contributed by atoms with E-state index in [0.717, 1.165) is 5.56 Å². The molecule has 7 heteroatoms. The van der Waals surface area contributed by atoms with Crippen molar-refractivity contribution in [3.63, 3.8) is 0 Å². The van der Waals surface area contributed by atoms with Gasteiger partial charge in [-0.3, -0.25) is 14.4 Å². The lowest BCUT2D eigenvalue weighted by Crippen LogP contribution is -2.26. The van der Waals surface area contributed by atoms with E-state index < -0.39 is 0 Å². The van der Waals surface area contributed by atoms with Crippen molar-refractivity contribution in [3.05, 3.63) is 64.7 Å². The number of hydrogen-bond donors (Lipinski definition) is 2. The van der Waals surface area contributed by atoms with Crippen molar-refractivity contribution in [1.29, 1.82) is 0 Å². The SMILES string of the molecule is COC(=O)CCNC(=O)c1ccc(NC(=O)CCc2ccccc2Cl)cc1. The lowest BCUT2D eigenvalue weighted by Gasteiger charge is -2.08. The molecule has 0 radical (unpaired) electrons. The number of benzene rings is 2. The molecule has 0 heterocycles. The van der Waals surface area contributed by atoms with Crippen molar-refractivity contribution < 1.29 is 19.1 Å². The van der Waals surface area contributed by atoms with Crippen molar-refractivity contribution in [1.82, 2.24) is 5.32 Å². The first-order chi connectivity index (χ1) is 13.0. The molecule has 2 aromatic carbocycles. The highest BCUT2D eigenvalue weighted by Gasteiger charge is 2.08. The van der Waals surface area contributed by atoms with Gasteiger partial charge >= 0.3 is 5.97 Å². The fourth-order valence-corrected chi connectivity index (χ4v) is 2.59. The predicted octanol–water partition coefficient (Wildman–Crippen LogP) is 3.20. The van der Waals surface area contributed by atoms with E-state index in [2.05, 4.69) is 15.4 Å². The van der Waals surface area contributed by atoms with Crippen molar-refractivity contribution in [3.8, 4) is 0 Å². The van der Waals surface area contributed by atoms with Gasteiger partial charge in [0.15, 0.2) is 0 Å². The number of hydrogen-bond acceptors (Lipinski definition) is 4. The second-order valence-electron chi connectivity index (χ2n) is 5.80. The number of halogens is 1. The summed E-state index contributed by atoms with van der Waals surface area (Å²) in [5, 5.41) is 6.06. The summed E-state index contributed by atoms with van der Waals surface area (Å²) in [6.45, 7) is 0.200.